The summed E-state index contributed by atoms with van der Waals surface area (Å²) in [6, 6.07) is 0. The average Bonchev–Trinajstić information content (AvgIpc) is 1.97. The predicted molar refractivity (Wildman–Crippen MR) is 49.8 cm³/mol. The zero-order valence-corrected chi connectivity index (χ0v) is 8.31. The van der Waals surface area contributed by atoms with Crippen LogP contribution in [0.25, 0.3) is 0 Å². The van der Waals surface area contributed by atoms with E-state index >= 15 is 0 Å². The van der Waals surface area contributed by atoms with E-state index in [1.807, 2.05) is 0 Å². The van der Waals surface area contributed by atoms with Crippen molar-refractivity contribution in [2.75, 3.05) is 0 Å². The molecule has 0 heterocycles. The quantitative estimate of drug-likeness (QED) is 0.439. The van der Waals surface area contributed by atoms with Crippen molar-refractivity contribution in [2.24, 2.45) is 11.3 Å². The van der Waals surface area contributed by atoms with E-state index in [0.29, 0.717) is 5.41 Å². The van der Waals surface area contributed by atoms with E-state index in [1.54, 1.807) is 0 Å². The molecule has 1 aliphatic rings. The fourth-order valence-corrected chi connectivity index (χ4v) is 1.67. The molecule has 0 aliphatic heterocycles. The lowest BCUT2D eigenvalue weighted by Crippen LogP contribution is -2.24. The molecule has 0 aromatic carbocycles. The van der Waals surface area contributed by atoms with Gasteiger partial charge in [0.25, 0.3) is 0 Å². The smallest absolute Gasteiger partial charge is 0.222 e. The van der Waals surface area contributed by atoms with Crippen LogP contribution in [0.3, 0.4) is 0 Å². The van der Waals surface area contributed by atoms with Gasteiger partial charge in [-0.25, -0.2) is 10.2 Å². The molecule has 0 aromatic rings. The lowest BCUT2D eigenvalue weighted by Gasteiger charge is -2.36. The summed E-state index contributed by atoms with van der Waals surface area (Å²) < 4.78 is 0. The van der Waals surface area contributed by atoms with E-state index in [-0.39, 0.29) is 0 Å². The molecule has 2 heteroatoms. The topological polar surface area (TPSA) is 40.9 Å². The maximum Gasteiger partial charge on any atom is 0.231 e. The highest BCUT2D eigenvalue weighted by Crippen LogP contribution is 2.39. The van der Waals surface area contributed by atoms with Crippen molar-refractivity contribution in [1.82, 2.24) is 0 Å². The highest BCUT2D eigenvalue weighted by molar-refractivity contribution is 5.26. The van der Waals surface area contributed by atoms with Gasteiger partial charge in [0.2, 0.25) is 6.08 Å². The molecular weight excluding hydrogens is 150 g/mol. The van der Waals surface area contributed by atoms with Crippen molar-refractivity contribution in [2.45, 2.75) is 46.5 Å². The molecule has 1 atom stereocenters. The highest BCUT2D eigenvalue weighted by Gasteiger charge is 2.27. The van der Waals surface area contributed by atoms with Crippen molar-refractivity contribution >= 4 is 6.08 Å². The Morgan fingerprint density at radius 3 is 2.17 bits per heavy atom. The highest BCUT2D eigenvalue weighted by atomic mass is 16.1. The molecule has 0 aromatic heterocycles. The first-order chi connectivity index (χ1) is 5.54. The van der Waals surface area contributed by atoms with Gasteiger partial charge in [-0.15, -0.1) is 0 Å². The Morgan fingerprint density at radius 1 is 1.42 bits per heavy atom. The minimum absolute atomic E-state index is 0.637. The van der Waals surface area contributed by atoms with Gasteiger partial charge in [-0.3, -0.25) is 0 Å². The third-order valence-corrected chi connectivity index (χ3v) is 3.04. The van der Waals surface area contributed by atoms with E-state index in [1.165, 1.54) is 25.7 Å². The van der Waals surface area contributed by atoms with Gasteiger partial charge in [-0.1, -0.05) is 40.0 Å². The van der Waals surface area contributed by atoms with E-state index in [9.17, 15) is 0 Å². The standard InChI is InChI=1S/C9H18.CHNO/c1-8-6-4-5-7-9(8,2)3;2-1-3/h8H,4-7H2,1-3H3;2H. The first-order valence-corrected chi connectivity index (χ1v) is 4.58. The predicted octanol–water partition coefficient (Wildman–Crippen LogP) is 3.12. The maximum absolute atomic E-state index is 8.35. The molecule has 1 fully saturated rings. The van der Waals surface area contributed by atoms with Crippen LogP contribution >= 0.6 is 0 Å². The van der Waals surface area contributed by atoms with Crippen molar-refractivity contribution in [1.29, 1.82) is 5.41 Å². The van der Waals surface area contributed by atoms with Gasteiger partial charge in [0.15, 0.2) is 0 Å². The summed E-state index contributed by atoms with van der Waals surface area (Å²) in [5, 5.41) is 5.40. The lowest BCUT2D eigenvalue weighted by molar-refractivity contribution is 0.154. The fourth-order valence-electron chi connectivity index (χ4n) is 1.67. The number of isocyanates is 1. The summed E-state index contributed by atoms with van der Waals surface area (Å²) in [6.07, 6.45) is 6.56. The number of rotatable bonds is 0. The van der Waals surface area contributed by atoms with Gasteiger partial charge in [-0.2, -0.15) is 0 Å². The Bertz CT molecular complexity index is 157. The zero-order valence-electron chi connectivity index (χ0n) is 8.31. The molecule has 1 saturated carbocycles. The first-order valence-electron chi connectivity index (χ1n) is 4.58. The van der Waals surface area contributed by atoms with Crippen molar-refractivity contribution in [3.8, 4) is 0 Å². The normalized spacial score (nSPS) is 26.4. The Kier molecular flexibility index (Phi) is 4.84. The van der Waals surface area contributed by atoms with Gasteiger partial charge in [0.1, 0.15) is 0 Å². The molecular formula is C10H19NO. The summed E-state index contributed by atoms with van der Waals surface area (Å²) in [6.45, 7) is 7.19. The Morgan fingerprint density at radius 2 is 1.92 bits per heavy atom. The van der Waals surface area contributed by atoms with E-state index in [2.05, 4.69) is 20.8 Å². The van der Waals surface area contributed by atoms with Gasteiger partial charge in [0, 0.05) is 0 Å². The molecule has 0 radical (unpaired) electrons. The van der Waals surface area contributed by atoms with Crippen LogP contribution in [-0.2, 0) is 4.79 Å². The third-order valence-electron chi connectivity index (χ3n) is 3.04. The van der Waals surface area contributed by atoms with Crippen LogP contribution in [-0.4, -0.2) is 6.08 Å². The van der Waals surface area contributed by atoms with E-state index in [4.69, 9.17) is 10.2 Å². The van der Waals surface area contributed by atoms with E-state index in [0.717, 1.165) is 12.0 Å². The summed E-state index contributed by atoms with van der Waals surface area (Å²) >= 11 is 0. The second-order valence-electron chi connectivity index (χ2n) is 4.24. The van der Waals surface area contributed by atoms with Crippen LogP contribution in [0.5, 0.6) is 0 Å². The molecule has 1 aliphatic carbocycles. The summed E-state index contributed by atoms with van der Waals surface area (Å²) in [5.74, 6) is 0.950. The average molecular weight is 169 g/mol. The molecule has 1 rings (SSSR count). The second-order valence-corrected chi connectivity index (χ2v) is 4.24. The number of hydrogen-bond donors (Lipinski definition) is 1. The maximum atomic E-state index is 8.35. The van der Waals surface area contributed by atoms with Crippen LogP contribution in [0.1, 0.15) is 46.5 Å². The summed E-state index contributed by atoms with van der Waals surface area (Å²) in [5.41, 5.74) is 0.637. The zero-order chi connectivity index (χ0) is 9.61. The van der Waals surface area contributed by atoms with Crippen molar-refractivity contribution in [3.05, 3.63) is 0 Å². The van der Waals surface area contributed by atoms with E-state index < -0.39 is 0 Å². The Balaban J connectivity index is 0.000000354. The Hall–Kier alpha value is -0.620. The largest absolute Gasteiger partial charge is 0.231 e. The molecule has 1 unspecified atom stereocenters. The van der Waals surface area contributed by atoms with Crippen molar-refractivity contribution < 1.29 is 4.79 Å². The van der Waals surface area contributed by atoms with Crippen molar-refractivity contribution in [3.63, 3.8) is 0 Å². The molecule has 0 amide bonds. The summed E-state index contributed by atoms with van der Waals surface area (Å²) in [4.78, 5) is 8.35. The minimum atomic E-state index is 0.637. The first kappa shape index (κ1) is 11.4. The van der Waals surface area contributed by atoms with Crippen LogP contribution in [0, 0.1) is 16.7 Å². The monoisotopic (exact) mass is 169 g/mol. The van der Waals surface area contributed by atoms with Crippen LogP contribution in [0.2, 0.25) is 0 Å². The fraction of sp³-hybridized carbons (Fsp3) is 0.900. The molecule has 2 nitrogen and oxygen atoms in total. The molecule has 1 N–H and O–H groups in total. The number of nitrogens with one attached hydrogen (secondary N) is 1. The number of hydrogen-bond acceptors (Lipinski definition) is 2. The minimum Gasteiger partial charge on any atom is -0.222 e. The van der Waals surface area contributed by atoms with Gasteiger partial charge < -0.3 is 0 Å². The van der Waals surface area contributed by atoms with Gasteiger partial charge in [0.05, 0.1) is 0 Å². The van der Waals surface area contributed by atoms with Gasteiger partial charge in [-0.05, 0) is 17.8 Å². The SMILES string of the molecule is CC1CCCCC1(C)C.N=C=O. The summed E-state index contributed by atoms with van der Waals surface area (Å²) in [7, 11) is 0. The lowest BCUT2D eigenvalue weighted by atomic mass is 9.70. The molecule has 12 heavy (non-hydrogen) atoms. The molecule has 0 saturated heterocycles. The van der Waals surface area contributed by atoms with Gasteiger partial charge >= 0.3 is 0 Å². The van der Waals surface area contributed by atoms with Crippen LogP contribution < -0.4 is 0 Å². The van der Waals surface area contributed by atoms with Crippen LogP contribution in [0.4, 0.5) is 0 Å². The number of carbonyl (C=O) groups excluding carboxylic acids is 1. The second kappa shape index (κ2) is 5.10. The van der Waals surface area contributed by atoms with Crippen LogP contribution in [0.15, 0.2) is 0 Å². The Labute approximate surface area is 74.9 Å². The molecule has 0 spiro atoms. The molecule has 70 valence electrons. The third kappa shape index (κ3) is 3.68. The molecule has 0 bridgehead atoms.